The van der Waals surface area contributed by atoms with Crippen molar-refractivity contribution in [3.05, 3.63) is 23.8 Å². The average Bonchev–Trinajstić information content (AvgIpc) is 3.13. The summed E-state index contributed by atoms with van der Waals surface area (Å²) in [5.74, 6) is 1.09. The largest absolute Gasteiger partial charge is 0.506 e. The normalized spacial score (nSPS) is 19.9. The Morgan fingerprint density at radius 1 is 1.13 bits per heavy atom. The van der Waals surface area contributed by atoms with Crippen LogP contribution in [0.4, 0.5) is 5.69 Å². The fraction of sp³-hybridized carbons (Fsp3) is 0.632. The molecule has 2 aliphatic rings. The molecule has 0 heterocycles. The third-order valence-corrected chi connectivity index (χ3v) is 4.67. The molecule has 4 nitrogen and oxygen atoms in total. The van der Waals surface area contributed by atoms with E-state index in [0.29, 0.717) is 12.1 Å². The minimum absolute atomic E-state index is 0.0524. The monoisotopic (exact) mass is 315 g/mol. The Morgan fingerprint density at radius 2 is 1.83 bits per heavy atom. The molecule has 0 spiro atoms. The maximum atomic E-state index is 10.2. The molecule has 0 atom stereocenters. The second-order valence-corrected chi connectivity index (χ2v) is 7.94. The molecule has 0 saturated heterocycles. The highest BCUT2D eigenvalue weighted by Crippen LogP contribution is 2.31. The number of hydrogen-bond donors (Lipinski definition) is 3. The molecule has 1 aromatic carbocycles. The van der Waals surface area contributed by atoms with E-state index in [1.807, 2.05) is 12.1 Å². The molecule has 0 aliphatic heterocycles. The molecular weight excluding hydrogens is 286 g/mol. The van der Waals surface area contributed by atoms with Crippen molar-refractivity contribution in [1.29, 1.82) is 0 Å². The van der Waals surface area contributed by atoms with Crippen molar-refractivity contribution in [3.63, 3.8) is 0 Å². The summed E-state index contributed by atoms with van der Waals surface area (Å²) >= 11 is 0. The lowest BCUT2D eigenvalue weighted by atomic mass is 9.87. The standard InChI is InChI=1S/C19H29N3O/c1-19(2,3)13-8-11-17(23)16(12-13)22-18(21-15-9-10-15)20-14-6-4-5-7-14/h8,11-12,14-15,23H,4-7,9-10H2,1-3H3,(H2,20,21,22). The Morgan fingerprint density at radius 3 is 2.43 bits per heavy atom. The van der Waals surface area contributed by atoms with Crippen LogP contribution in [0.3, 0.4) is 0 Å². The third-order valence-electron chi connectivity index (χ3n) is 4.67. The molecule has 3 rings (SSSR count). The molecule has 4 heteroatoms. The number of phenolic OH excluding ortho intramolecular Hbond substituents is 1. The second kappa shape index (κ2) is 6.42. The van der Waals surface area contributed by atoms with Crippen molar-refractivity contribution in [1.82, 2.24) is 5.32 Å². The molecule has 0 radical (unpaired) electrons. The number of aromatic hydroxyl groups is 1. The minimum atomic E-state index is 0.0524. The minimum Gasteiger partial charge on any atom is -0.506 e. The zero-order valence-electron chi connectivity index (χ0n) is 14.5. The molecule has 126 valence electrons. The number of nitrogens with one attached hydrogen (secondary N) is 2. The van der Waals surface area contributed by atoms with Gasteiger partial charge in [0.2, 0.25) is 0 Å². The number of rotatable bonds is 3. The van der Waals surface area contributed by atoms with Gasteiger partial charge in [-0.15, -0.1) is 0 Å². The molecule has 2 saturated carbocycles. The fourth-order valence-electron chi connectivity index (χ4n) is 2.99. The van der Waals surface area contributed by atoms with E-state index in [2.05, 4.69) is 31.4 Å². The van der Waals surface area contributed by atoms with E-state index in [-0.39, 0.29) is 11.2 Å². The van der Waals surface area contributed by atoms with Gasteiger partial charge in [0.25, 0.3) is 0 Å². The van der Waals surface area contributed by atoms with Gasteiger partial charge in [0.05, 0.1) is 11.7 Å². The van der Waals surface area contributed by atoms with E-state index in [1.54, 1.807) is 6.07 Å². The Balaban J connectivity index is 1.78. The molecule has 2 fully saturated rings. The number of nitrogens with zero attached hydrogens (tertiary/aromatic N) is 1. The van der Waals surface area contributed by atoms with E-state index in [0.717, 1.165) is 11.6 Å². The SMILES string of the molecule is CC(C)(C)c1ccc(O)c(NC(=NC2CC2)NC2CCCC2)c1. The number of benzene rings is 1. The third kappa shape index (κ3) is 4.40. The van der Waals surface area contributed by atoms with E-state index < -0.39 is 0 Å². The van der Waals surface area contributed by atoms with E-state index in [1.165, 1.54) is 44.1 Å². The molecule has 3 N–H and O–H groups in total. The maximum Gasteiger partial charge on any atom is 0.196 e. The highest BCUT2D eigenvalue weighted by atomic mass is 16.3. The van der Waals surface area contributed by atoms with E-state index in [4.69, 9.17) is 4.99 Å². The van der Waals surface area contributed by atoms with Crippen molar-refractivity contribution in [2.24, 2.45) is 4.99 Å². The van der Waals surface area contributed by atoms with Crippen LogP contribution in [-0.2, 0) is 5.41 Å². The molecule has 0 amide bonds. The smallest absolute Gasteiger partial charge is 0.196 e. The Labute approximate surface area is 139 Å². The van der Waals surface area contributed by atoms with Gasteiger partial charge < -0.3 is 15.7 Å². The number of anilines is 1. The van der Waals surface area contributed by atoms with E-state index >= 15 is 0 Å². The van der Waals surface area contributed by atoms with E-state index in [9.17, 15) is 5.11 Å². The summed E-state index contributed by atoms with van der Waals surface area (Å²) in [4.78, 5) is 4.76. The lowest BCUT2D eigenvalue weighted by Crippen LogP contribution is -2.38. The molecule has 23 heavy (non-hydrogen) atoms. The zero-order chi connectivity index (χ0) is 16.4. The summed E-state index contributed by atoms with van der Waals surface area (Å²) in [7, 11) is 0. The predicted octanol–water partition coefficient (Wildman–Crippen LogP) is 4.15. The quantitative estimate of drug-likeness (QED) is 0.446. The van der Waals surface area contributed by atoms with Crippen LogP contribution in [-0.4, -0.2) is 23.1 Å². The van der Waals surface area contributed by atoms with Crippen LogP contribution in [0.5, 0.6) is 5.75 Å². The second-order valence-electron chi connectivity index (χ2n) is 7.94. The molecule has 1 aromatic rings. The van der Waals surface area contributed by atoms with Crippen LogP contribution in [0.25, 0.3) is 0 Å². The fourth-order valence-corrected chi connectivity index (χ4v) is 2.99. The van der Waals surface area contributed by atoms with Crippen molar-refractivity contribution >= 4 is 11.6 Å². The van der Waals surface area contributed by atoms with Crippen molar-refractivity contribution in [3.8, 4) is 5.75 Å². The summed E-state index contributed by atoms with van der Waals surface area (Å²) in [6.45, 7) is 6.54. The van der Waals surface area contributed by atoms with Crippen molar-refractivity contribution in [2.45, 2.75) is 76.8 Å². The van der Waals surface area contributed by atoms with Crippen LogP contribution >= 0.6 is 0 Å². The molecule has 2 aliphatic carbocycles. The summed E-state index contributed by atoms with van der Waals surface area (Å²) < 4.78 is 0. The zero-order valence-corrected chi connectivity index (χ0v) is 14.5. The van der Waals surface area contributed by atoms with Gasteiger partial charge in [-0.1, -0.05) is 39.7 Å². The molecule has 0 unspecified atom stereocenters. The van der Waals surface area contributed by atoms with Crippen LogP contribution in [0.1, 0.15) is 64.9 Å². The predicted molar refractivity (Wildman–Crippen MR) is 96.3 cm³/mol. The van der Waals surface area contributed by atoms with Gasteiger partial charge in [0.15, 0.2) is 5.96 Å². The number of phenols is 1. The van der Waals surface area contributed by atoms with Crippen LogP contribution in [0.2, 0.25) is 0 Å². The average molecular weight is 315 g/mol. The number of hydrogen-bond acceptors (Lipinski definition) is 2. The summed E-state index contributed by atoms with van der Waals surface area (Å²) in [5, 5.41) is 17.1. The van der Waals surface area contributed by atoms with Crippen LogP contribution in [0.15, 0.2) is 23.2 Å². The highest BCUT2D eigenvalue weighted by molar-refractivity contribution is 5.95. The topological polar surface area (TPSA) is 56.6 Å². The highest BCUT2D eigenvalue weighted by Gasteiger charge is 2.24. The van der Waals surface area contributed by atoms with Gasteiger partial charge in [0.1, 0.15) is 5.75 Å². The number of aliphatic imine (C=N–C) groups is 1. The van der Waals surface area contributed by atoms with Gasteiger partial charge in [-0.25, -0.2) is 4.99 Å². The van der Waals surface area contributed by atoms with Gasteiger partial charge in [0, 0.05) is 6.04 Å². The first-order valence-electron chi connectivity index (χ1n) is 8.87. The van der Waals surface area contributed by atoms with Crippen molar-refractivity contribution < 1.29 is 5.11 Å². The van der Waals surface area contributed by atoms with Gasteiger partial charge in [-0.2, -0.15) is 0 Å². The Kier molecular flexibility index (Phi) is 4.51. The first kappa shape index (κ1) is 16.2. The first-order valence-corrected chi connectivity index (χ1v) is 8.87. The van der Waals surface area contributed by atoms with Crippen molar-refractivity contribution in [2.75, 3.05) is 5.32 Å². The van der Waals surface area contributed by atoms with Gasteiger partial charge >= 0.3 is 0 Å². The summed E-state index contributed by atoms with van der Waals surface area (Å²) in [5.41, 5.74) is 1.99. The lowest BCUT2D eigenvalue weighted by molar-refractivity contribution is 0.476. The van der Waals surface area contributed by atoms with Crippen LogP contribution in [0, 0.1) is 0 Å². The maximum absolute atomic E-state index is 10.2. The Bertz CT molecular complexity index is 579. The first-order chi connectivity index (χ1) is 10.9. The molecular formula is C19H29N3O. The lowest BCUT2D eigenvalue weighted by Gasteiger charge is -2.22. The summed E-state index contributed by atoms with van der Waals surface area (Å²) in [6, 6.07) is 6.75. The Hall–Kier alpha value is -1.71. The van der Waals surface area contributed by atoms with Gasteiger partial charge in [-0.05, 0) is 48.8 Å². The summed E-state index contributed by atoms with van der Waals surface area (Å²) in [6.07, 6.45) is 7.34. The number of guanidine groups is 1. The molecule has 0 bridgehead atoms. The van der Waals surface area contributed by atoms with Gasteiger partial charge in [-0.3, -0.25) is 0 Å². The molecule has 0 aromatic heterocycles. The van der Waals surface area contributed by atoms with Crippen LogP contribution < -0.4 is 10.6 Å².